The van der Waals surface area contributed by atoms with Crippen LogP contribution in [0.2, 0.25) is 0 Å². The summed E-state index contributed by atoms with van der Waals surface area (Å²) in [4.78, 5) is 14.2. The van der Waals surface area contributed by atoms with Gasteiger partial charge in [-0.15, -0.1) is 5.10 Å². The molecule has 1 aliphatic rings. The topological polar surface area (TPSA) is 119 Å². The molecule has 208 valence electrons. The maximum absolute atomic E-state index is 13.5. The number of aryl methyl sites for hydroxylation is 2. The second-order valence-corrected chi connectivity index (χ2v) is 10.5. The minimum Gasteiger partial charge on any atom is -0.405 e. The number of aromatic amines is 1. The zero-order valence-corrected chi connectivity index (χ0v) is 23.1. The summed E-state index contributed by atoms with van der Waals surface area (Å²) in [5.74, 6) is 0.727. The van der Waals surface area contributed by atoms with Crippen LogP contribution in [0.4, 0.5) is 10.4 Å². The molecular weight excluding hydrogens is 523 g/mol. The molecule has 0 bridgehead atoms. The van der Waals surface area contributed by atoms with Crippen LogP contribution in [0.3, 0.4) is 0 Å². The third-order valence-electron chi connectivity index (χ3n) is 7.80. The number of pyridine rings is 1. The third kappa shape index (κ3) is 3.85. The summed E-state index contributed by atoms with van der Waals surface area (Å²) in [5, 5.41) is 18.6. The van der Waals surface area contributed by atoms with Gasteiger partial charge in [0, 0.05) is 50.4 Å². The van der Waals surface area contributed by atoms with Crippen LogP contribution >= 0.6 is 0 Å². The molecule has 6 heterocycles. The van der Waals surface area contributed by atoms with Crippen LogP contribution in [0, 0.1) is 5.82 Å². The number of hydrogen-bond acceptors (Lipinski definition) is 8. The van der Waals surface area contributed by atoms with Gasteiger partial charge in [-0.05, 0) is 37.1 Å². The molecule has 1 aliphatic heterocycles. The van der Waals surface area contributed by atoms with Crippen LogP contribution in [0.25, 0.3) is 22.3 Å². The van der Waals surface area contributed by atoms with Crippen LogP contribution in [0.15, 0.2) is 65.6 Å². The van der Waals surface area contributed by atoms with Crippen molar-refractivity contribution >= 4 is 16.9 Å². The first-order valence-corrected chi connectivity index (χ1v) is 13.4. The molecule has 2 unspecified atom stereocenters. The van der Waals surface area contributed by atoms with Gasteiger partial charge in [0.15, 0.2) is 5.54 Å². The molecular formula is C29H29FN10O. The van der Waals surface area contributed by atoms with Crippen molar-refractivity contribution in [1.29, 1.82) is 0 Å². The summed E-state index contributed by atoms with van der Waals surface area (Å²) in [5.41, 5.74) is 4.39. The molecule has 2 N–H and O–H groups in total. The Kier molecular flexibility index (Phi) is 5.75. The van der Waals surface area contributed by atoms with Gasteiger partial charge >= 0.3 is 6.01 Å². The highest BCUT2D eigenvalue weighted by Crippen LogP contribution is 2.47. The van der Waals surface area contributed by atoms with Crippen molar-refractivity contribution in [2.45, 2.75) is 31.5 Å². The maximum atomic E-state index is 13.5. The number of hydrogen-bond donors (Lipinski definition) is 2. The van der Waals surface area contributed by atoms with Crippen molar-refractivity contribution in [3.8, 4) is 11.4 Å². The number of imidazole rings is 1. The van der Waals surface area contributed by atoms with E-state index in [1.54, 1.807) is 17.2 Å². The van der Waals surface area contributed by atoms with Crippen molar-refractivity contribution in [3.05, 3.63) is 95.5 Å². The Labute approximate surface area is 235 Å². The van der Waals surface area contributed by atoms with Gasteiger partial charge in [0.05, 0.1) is 41.7 Å². The zero-order chi connectivity index (χ0) is 28.3. The number of nitrogens with one attached hydrogen (secondary N) is 2. The highest BCUT2D eigenvalue weighted by Gasteiger charge is 2.51. The standard InChI is InChI=1S/C29H29FN10O/c1-5-40-16-17(13-33-40)29(27-36-37-28(41-27)38(2)3)25-20(19-8-6-7-9-24(19)39(25)4)12-22(35-29)26-32-15-23(34-26)21-11-10-18(30)14-31-21/h6-11,13-16,22,35H,5,12H2,1-4H3,(H,32,34). The van der Waals surface area contributed by atoms with E-state index in [1.165, 1.54) is 12.3 Å². The van der Waals surface area contributed by atoms with Gasteiger partial charge in [-0.3, -0.25) is 15.0 Å². The molecule has 0 aliphatic carbocycles. The quantitative estimate of drug-likeness (QED) is 0.319. The number of H-pyrrole nitrogens is 1. The lowest BCUT2D eigenvalue weighted by Crippen LogP contribution is -2.52. The van der Waals surface area contributed by atoms with E-state index in [1.807, 2.05) is 44.2 Å². The molecule has 5 aromatic heterocycles. The summed E-state index contributed by atoms with van der Waals surface area (Å²) in [6.07, 6.45) is 7.45. The number of benzene rings is 1. The lowest BCUT2D eigenvalue weighted by molar-refractivity contribution is 0.285. The first kappa shape index (κ1) is 25.1. The zero-order valence-electron chi connectivity index (χ0n) is 23.1. The lowest BCUT2D eigenvalue weighted by atomic mass is 9.79. The van der Waals surface area contributed by atoms with Gasteiger partial charge in [0.2, 0.25) is 5.89 Å². The number of anilines is 1. The number of aromatic nitrogens is 8. The molecule has 1 aromatic carbocycles. The average Bonchev–Trinajstić information content (AvgIpc) is 3.80. The highest BCUT2D eigenvalue weighted by molar-refractivity contribution is 5.87. The van der Waals surface area contributed by atoms with Crippen molar-refractivity contribution in [3.63, 3.8) is 0 Å². The van der Waals surface area contributed by atoms with E-state index in [4.69, 9.17) is 9.40 Å². The molecule has 41 heavy (non-hydrogen) atoms. The van der Waals surface area contributed by atoms with E-state index in [0.29, 0.717) is 42.1 Å². The second kappa shape index (κ2) is 9.37. The number of rotatable bonds is 6. The van der Waals surface area contributed by atoms with Crippen molar-refractivity contribution in [2.24, 2.45) is 7.05 Å². The fraction of sp³-hybridized carbons (Fsp3) is 0.276. The number of para-hydroxylation sites is 1. The molecule has 0 radical (unpaired) electrons. The minimum absolute atomic E-state index is 0.276. The van der Waals surface area contributed by atoms with Gasteiger partial charge in [-0.25, -0.2) is 9.37 Å². The Morgan fingerprint density at radius 1 is 1.10 bits per heavy atom. The Bertz CT molecular complexity index is 1860. The Hall–Kier alpha value is -4.84. The first-order valence-electron chi connectivity index (χ1n) is 13.4. The fourth-order valence-corrected chi connectivity index (χ4v) is 5.87. The van der Waals surface area contributed by atoms with E-state index in [-0.39, 0.29) is 11.9 Å². The number of nitrogens with zero attached hydrogens (tertiary/aromatic N) is 8. The van der Waals surface area contributed by atoms with Gasteiger partial charge in [0.25, 0.3) is 0 Å². The van der Waals surface area contributed by atoms with E-state index < -0.39 is 5.54 Å². The van der Waals surface area contributed by atoms with Crippen LogP contribution in [-0.2, 0) is 25.6 Å². The summed E-state index contributed by atoms with van der Waals surface area (Å²) in [6.45, 7) is 2.76. The largest absolute Gasteiger partial charge is 0.405 e. The SMILES string of the molecule is CCn1cc(C2(c3nnc(N(C)C)o3)NC(c3ncc(-c4ccc(F)cn4)[nH]3)Cc3c2n(C)c2ccccc32)cn1. The van der Waals surface area contributed by atoms with Gasteiger partial charge in [0.1, 0.15) is 11.6 Å². The van der Waals surface area contributed by atoms with E-state index >= 15 is 0 Å². The monoisotopic (exact) mass is 552 g/mol. The van der Waals surface area contributed by atoms with E-state index in [0.717, 1.165) is 27.7 Å². The van der Waals surface area contributed by atoms with Crippen LogP contribution in [-0.4, -0.2) is 53.6 Å². The van der Waals surface area contributed by atoms with Crippen molar-refractivity contribution < 1.29 is 8.81 Å². The highest BCUT2D eigenvalue weighted by atomic mass is 19.1. The van der Waals surface area contributed by atoms with Crippen LogP contribution in [0.5, 0.6) is 0 Å². The lowest BCUT2D eigenvalue weighted by Gasteiger charge is -2.40. The Balaban J connectivity index is 1.47. The first-order chi connectivity index (χ1) is 19.9. The number of fused-ring (bicyclic) bond motifs is 3. The van der Waals surface area contributed by atoms with Crippen LogP contribution < -0.4 is 10.2 Å². The predicted octanol–water partition coefficient (Wildman–Crippen LogP) is 3.95. The van der Waals surface area contributed by atoms with Gasteiger partial charge < -0.3 is 18.9 Å². The predicted molar refractivity (Wildman–Crippen MR) is 151 cm³/mol. The summed E-state index contributed by atoms with van der Waals surface area (Å²) in [7, 11) is 5.80. The number of halogens is 1. The molecule has 0 fully saturated rings. The summed E-state index contributed by atoms with van der Waals surface area (Å²) < 4.78 is 24.0. The molecule has 0 spiro atoms. The summed E-state index contributed by atoms with van der Waals surface area (Å²) >= 11 is 0. The average molecular weight is 553 g/mol. The normalized spacial score (nSPS) is 18.6. The van der Waals surface area contributed by atoms with Crippen LogP contribution in [0.1, 0.15) is 41.5 Å². The molecule has 12 heteroatoms. The Morgan fingerprint density at radius 3 is 2.68 bits per heavy atom. The van der Waals surface area contributed by atoms with Gasteiger partial charge in [-0.2, -0.15) is 5.10 Å². The van der Waals surface area contributed by atoms with E-state index in [2.05, 4.69) is 60.4 Å². The minimum atomic E-state index is -1.04. The molecule has 0 amide bonds. The maximum Gasteiger partial charge on any atom is 0.317 e. The molecule has 2 atom stereocenters. The van der Waals surface area contributed by atoms with Crippen molar-refractivity contribution in [2.75, 3.05) is 19.0 Å². The fourth-order valence-electron chi connectivity index (χ4n) is 5.87. The molecule has 0 saturated carbocycles. The summed E-state index contributed by atoms with van der Waals surface area (Å²) in [6, 6.07) is 11.5. The second-order valence-electron chi connectivity index (χ2n) is 10.5. The molecule has 7 rings (SSSR count). The smallest absolute Gasteiger partial charge is 0.317 e. The Morgan fingerprint density at radius 2 is 1.95 bits per heavy atom. The molecule has 11 nitrogen and oxygen atoms in total. The third-order valence-corrected chi connectivity index (χ3v) is 7.80. The van der Waals surface area contributed by atoms with Crippen molar-refractivity contribution in [1.82, 2.24) is 44.8 Å². The molecule has 6 aromatic rings. The molecule has 0 saturated heterocycles. The van der Waals surface area contributed by atoms with Gasteiger partial charge in [-0.1, -0.05) is 23.3 Å². The van der Waals surface area contributed by atoms with E-state index in [9.17, 15) is 4.39 Å².